The Balaban J connectivity index is 1.47. The van der Waals surface area contributed by atoms with Crippen LogP contribution in [-0.2, 0) is 17.5 Å². The summed E-state index contributed by atoms with van der Waals surface area (Å²) in [6, 6.07) is 16.6. The summed E-state index contributed by atoms with van der Waals surface area (Å²) >= 11 is 6.94. The van der Waals surface area contributed by atoms with Gasteiger partial charge in [0.25, 0.3) is 11.6 Å². The monoisotopic (exact) mass is 590 g/mol. The molecular formula is C25H18ClF3N6O4S. The minimum atomic E-state index is -4.60. The molecule has 0 unspecified atom stereocenters. The summed E-state index contributed by atoms with van der Waals surface area (Å²) in [5.41, 5.74) is -0.446. The number of para-hydroxylation sites is 1. The highest BCUT2D eigenvalue weighted by Crippen LogP contribution is 2.34. The molecule has 0 radical (unpaired) electrons. The fraction of sp³-hybridized carbons (Fsp3) is 0.120. The van der Waals surface area contributed by atoms with Crippen LogP contribution in [-0.4, -0.2) is 37.3 Å². The molecule has 4 aromatic rings. The molecule has 0 spiro atoms. The van der Waals surface area contributed by atoms with Crippen molar-refractivity contribution in [2.45, 2.75) is 17.9 Å². The molecule has 40 heavy (non-hydrogen) atoms. The third kappa shape index (κ3) is 6.95. The van der Waals surface area contributed by atoms with Crippen molar-refractivity contribution in [2.75, 3.05) is 11.1 Å². The molecule has 0 fully saturated rings. The van der Waals surface area contributed by atoms with E-state index in [2.05, 4.69) is 20.8 Å². The second kappa shape index (κ2) is 12.2. The predicted octanol–water partition coefficient (Wildman–Crippen LogP) is 5.51. The van der Waals surface area contributed by atoms with E-state index in [1.165, 1.54) is 24.3 Å². The number of carbonyl (C=O) groups excluding carboxylic acids is 2. The number of aromatic nitrogens is 3. The summed E-state index contributed by atoms with van der Waals surface area (Å²) in [4.78, 5) is 35.4. The second-order valence-electron chi connectivity index (χ2n) is 8.09. The van der Waals surface area contributed by atoms with Crippen LogP contribution in [0.5, 0.6) is 0 Å². The Bertz CT molecular complexity index is 1550. The molecule has 0 aliphatic carbocycles. The van der Waals surface area contributed by atoms with Crippen LogP contribution in [0.15, 0.2) is 78.0 Å². The minimum Gasteiger partial charge on any atom is -0.345 e. The van der Waals surface area contributed by atoms with Crippen LogP contribution in [0, 0.1) is 10.1 Å². The number of nitrogens with zero attached hydrogens (tertiary/aromatic N) is 4. The van der Waals surface area contributed by atoms with Gasteiger partial charge in [-0.3, -0.25) is 24.3 Å². The molecule has 0 saturated carbocycles. The average molecular weight is 591 g/mol. The van der Waals surface area contributed by atoms with Gasteiger partial charge in [-0.05, 0) is 42.5 Å². The average Bonchev–Trinajstić information content (AvgIpc) is 3.34. The quantitative estimate of drug-likeness (QED) is 0.149. The summed E-state index contributed by atoms with van der Waals surface area (Å²) in [7, 11) is 0. The number of amides is 2. The van der Waals surface area contributed by atoms with E-state index in [9.17, 15) is 32.9 Å². The lowest BCUT2D eigenvalue weighted by Crippen LogP contribution is -2.24. The van der Waals surface area contributed by atoms with E-state index in [1.54, 1.807) is 34.9 Å². The third-order valence-corrected chi connectivity index (χ3v) is 6.62. The molecule has 0 saturated heterocycles. The number of benzene rings is 3. The van der Waals surface area contributed by atoms with Gasteiger partial charge < -0.3 is 10.6 Å². The molecule has 2 N–H and O–H groups in total. The number of halogens is 4. The molecule has 0 atom stereocenters. The maximum absolute atomic E-state index is 13.0. The maximum Gasteiger partial charge on any atom is 0.416 e. The number of nitro groups is 1. The molecule has 10 nitrogen and oxygen atoms in total. The number of alkyl halides is 3. The van der Waals surface area contributed by atoms with Gasteiger partial charge in [0.2, 0.25) is 5.91 Å². The number of rotatable bonds is 9. The van der Waals surface area contributed by atoms with E-state index < -0.39 is 28.5 Å². The van der Waals surface area contributed by atoms with Crippen molar-refractivity contribution in [3.63, 3.8) is 0 Å². The summed E-state index contributed by atoms with van der Waals surface area (Å²) in [5, 5.41) is 24.4. The molecule has 0 bridgehead atoms. The largest absolute Gasteiger partial charge is 0.416 e. The van der Waals surface area contributed by atoms with Crippen molar-refractivity contribution in [3.05, 3.63) is 105 Å². The van der Waals surface area contributed by atoms with E-state index in [1.807, 2.05) is 0 Å². The summed E-state index contributed by atoms with van der Waals surface area (Å²) < 4.78 is 40.7. The first-order valence-corrected chi connectivity index (χ1v) is 12.7. The highest BCUT2D eigenvalue weighted by molar-refractivity contribution is 7.99. The number of hydrogen-bond acceptors (Lipinski definition) is 7. The lowest BCUT2D eigenvalue weighted by Gasteiger charge is -2.12. The summed E-state index contributed by atoms with van der Waals surface area (Å²) in [6.45, 7) is -0.0652. The van der Waals surface area contributed by atoms with Gasteiger partial charge in [0.1, 0.15) is 0 Å². The van der Waals surface area contributed by atoms with Crippen LogP contribution in [0.3, 0.4) is 0 Å². The molecule has 3 aromatic carbocycles. The van der Waals surface area contributed by atoms with E-state index in [0.717, 1.165) is 30.0 Å². The Hall–Kier alpha value is -4.43. The van der Waals surface area contributed by atoms with Gasteiger partial charge in [-0.1, -0.05) is 41.6 Å². The molecule has 15 heteroatoms. The summed E-state index contributed by atoms with van der Waals surface area (Å²) in [6.07, 6.45) is -4.60. The summed E-state index contributed by atoms with van der Waals surface area (Å²) in [5.74, 6) is -1.02. The molecule has 1 aromatic heterocycles. The second-order valence-corrected chi connectivity index (χ2v) is 9.44. The van der Waals surface area contributed by atoms with Crippen LogP contribution in [0.2, 0.25) is 5.02 Å². The maximum atomic E-state index is 13.0. The molecular weight excluding hydrogens is 573 g/mol. The zero-order valence-corrected chi connectivity index (χ0v) is 21.8. The van der Waals surface area contributed by atoms with Crippen molar-refractivity contribution in [2.24, 2.45) is 0 Å². The topological polar surface area (TPSA) is 132 Å². The lowest BCUT2D eigenvalue weighted by molar-refractivity contribution is -0.384. The Morgan fingerprint density at radius 3 is 2.38 bits per heavy atom. The van der Waals surface area contributed by atoms with E-state index in [-0.39, 0.29) is 39.4 Å². The van der Waals surface area contributed by atoms with E-state index in [4.69, 9.17) is 11.6 Å². The molecule has 206 valence electrons. The number of nitro benzene ring substituents is 1. The van der Waals surface area contributed by atoms with Gasteiger partial charge in [-0.15, -0.1) is 10.2 Å². The van der Waals surface area contributed by atoms with Crippen molar-refractivity contribution in [3.8, 4) is 5.69 Å². The minimum absolute atomic E-state index is 0.0511. The molecule has 0 aliphatic rings. The Morgan fingerprint density at radius 1 is 1.02 bits per heavy atom. The SMILES string of the molecule is O=C(CSc1nnc(CNC(=O)c2ccc([N+](=O)[O-])cc2)n1-c1ccccc1)Nc1cc(C(F)(F)F)ccc1Cl. The van der Waals surface area contributed by atoms with Gasteiger partial charge >= 0.3 is 6.18 Å². The Kier molecular flexibility index (Phi) is 8.70. The zero-order chi connectivity index (χ0) is 28.9. The normalized spacial score (nSPS) is 11.2. The Morgan fingerprint density at radius 2 is 1.73 bits per heavy atom. The third-order valence-electron chi connectivity index (χ3n) is 5.36. The Labute approximate surface area is 233 Å². The number of hydrogen-bond donors (Lipinski definition) is 2. The lowest BCUT2D eigenvalue weighted by atomic mass is 10.2. The van der Waals surface area contributed by atoms with Crippen LogP contribution >= 0.6 is 23.4 Å². The van der Waals surface area contributed by atoms with Crippen LogP contribution < -0.4 is 10.6 Å². The van der Waals surface area contributed by atoms with Crippen molar-refractivity contribution in [1.82, 2.24) is 20.1 Å². The number of anilines is 1. The fourth-order valence-electron chi connectivity index (χ4n) is 3.45. The standard InChI is InChI=1S/C25H18ClF3N6O4S/c26-19-11-8-16(25(27,28)29)12-20(19)31-22(36)14-40-24-33-32-21(34(24)17-4-2-1-3-5-17)13-30-23(37)15-6-9-18(10-7-15)35(38)39/h1-12H,13-14H2,(H,30,37)(H,31,36). The van der Waals surface area contributed by atoms with Crippen LogP contribution in [0.25, 0.3) is 5.69 Å². The number of carbonyl (C=O) groups is 2. The van der Waals surface area contributed by atoms with Crippen molar-refractivity contribution < 1.29 is 27.7 Å². The highest BCUT2D eigenvalue weighted by atomic mass is 35.5. The predicted molar refractivity (Wildman–Crippen MR) is 141 cm³/mol. The first-order valence-electron chi connectivity index (χ1n) is 11.3. The highest BCUT2D eigenvalue weighted by Gasteiger charge is 2.31. The van der Waals surface area contributed by atoms with Crippen LogP contribution in [0.4, 0.5) is 24.5 Å². The van der Waals surface area contributed by atoms with Gasteiger partial charge in [0, 0.05) is 23.4 Å². The number of non-ortho nitro benzene ring substituents is 1. The van der Waals surface area contributed by atoms with E-state index in [0.29, 0.717) is 11.5 Å². The number of thioether (sulfide) groups is 1. The molecule has 1 heterocycles. The van der Waals surface area contributed by atoms with Gasteiger partial charge in [0.15, 0.2) is 11.0 Å². The first-order chi connectivity index (χ1) is 19.0. The van der Waals surface area contributed by atoms with Gasteiger partial charge in [-0.2, -0.15) is 13.2 Å². The van der Waals surface area contributed by atoms with Gasteiger partial charge in [0.05, 0.1) is 33.5 Å². The molecule has 4 rings (SSSR count). The van der Waals surface area contributed by atoms with Crippen molar-refractivity contribution >= 4 is 46.6 Å². The zero-order valence-electron chi connectivity index (χ0n) is 20.2. The van der Waals surface area contributed by atoms with Gasteiger partial charge in [-0.25, -0.2) is 0 Å². The first kappa shape index (κ1) is 28.6. The smallest absolute Gasteiger partial charge is 0.345 e. The van der Waals surface area contributed by atoms with Crippen LogP contribution in [0.1, 0.15) is 21.7 Å². The number of nitrogens with one attached hydrogen (secondary N) is 2. The van der Waals surface area contributed by atoms with Crippen molar-refractivity contribution in [1.29, 1.82) is 0 Å². The fourth-order valence-corrected chi connectivity index (χ4v) is 4.39. The molecule has 0 aliphatic heterocycles. The van der Waals surface area contributed by atoms with E-state index >= 15 is 0 Å². The molecule has 2 amide bonds.